The van der Waals surface area contributed by atoms with Crippen LogP contribution in [0.3, 0.4) is 0 Å². The van der Waals surface area contributed by atoms with Gasteiger partial charge in [-0.05, 0) is 35.4 Å². The summed E-state index contributed by atoms with van der Waals surface area (Å²) >= 11 is 0. The van der Waals surface area contributed by atoms with E-state index >= 15 is 0 Å². The van der Waals surface area contributed by atoms with E-state index in [4.69, 9.17) is 9.88 Å². The van der Waals surface area contributed by atoms with E-state index in [0.717, 1.165) is 16.9 Å². The number of methoxy groups -OCH3 is 1. The van der Waals surface area contributed by atoms with Crippen molar-refractivity contribution in [2.24, 2.45) is 10.1 Å². The molecule has 0 bridgehead atoms. The van der Waals surface area contributed by atoms with Crippen LogP contribution in [0.4, 0.5) is 0 Å². The molecule has 0 spiro atoms. The van der Waals surface area contributed by atoms with E-state index in [1.165, 1.54) is 12.1 Å². The summed E-state index contributed by atoms with van der Waals surface area (Å²) in [6.45, 7) is 1.10. The number of guanidine groups is 1. The minimum atomic E-state index is -3.67. The average molecular weight is 362 g/mol. The van der Waals surface area contributed by atoms with E-state index in [0.29, 0.717) is 19.0 Å². The van der Waals surface area contributed by atoms with Gasteiger partial charge in [-0.3, -0.25) is 4.99 Å². The van der Waals surface area contributed by atoms with Crippen LogP contribution in [0.2, 0.25) is 0 Å². The van der Waals surface area contributed by atoms with Crippen molar-refractivity contribution in [1.29, 1.82) is 0 Å². The molecule has 0 saturated carbocycles. The molecule has 2 aromatic rings. The van der Waals surface area contributed by atoms with Crippen molar-refractivity contribution in [3.05, 3.63) is 59.7 Å². The third-order valence-electron chi connectivity index (χ3n) is 3.53. The van der Waals surface area contributed by atoms with Crippen LogP contribution >= 0.6 is 0 Å². The Bertz CT molecular complexity index is 833. The average Bonchev–Trinajstić information content (AvgIpc) is 2.61. The van der Waals surface area contributed by atoms with Crippen molar-refractivity contribution >= 4 is 16.0 Å². The van der Waals surface area contributed by atoms with Gasteiger partial charge in [-0.1, -0.05) is 24.3 Å². The molecule has 0 aliphatic carbocycles. The van der Waals surface area contributed by atoms with Gasteiger partial charge in [0.25, 0.3) is 0 Å². The fourth-order valence-electron chi connectivity index (χ4n) is 2.17. The van der Waals surface area contributed by atoms with Crippen molar-refractivity contribution in [2.75, 3.05) is 14.2 Å². The Morgan fingerprint density at radius 2 is 1.72 bits per heavy atom. The quantitative estimate of drug-likeness (QED) is 0.529. The minimum absolute atomic E-state index is 0.0942. The molecule has 2 rings (SSSR count). The Hall–Kier alpha value is -2.58. The van der Waals surface area contributed by atoms with Crippen LogP contribution in [0.1, 0.15) is 11.1 Å². The number of benzene rings is 2. The molecule has 0 heterocycles. The maximum Gasteiger partial charge on any atom is 0.238 e. The molecule has 0 fully saturated rings. The number of ether oxygens (including phenoxy) is 1. The van der Waals surface area contributed by atoms with Gasteiger partial charge in [0, 0.05) is 20.1 Å². The smallest absolute Gasteiger partial charge is 0.238 e. The van der Waals surface area contributed by atoms with Crippen LogP contribution in [0.5, 0.6) is 5.75 Å². The minimum Gasteiger partial charge on any atom is -0.497 e. The van der Waals surface area contributed by atoms with E-state index in [1.54, 1.807) is 26.3 Å². The van der Waals surface area contributed by atoms with Crippen LogP contribution in [0, 0.1) is 0 Å². The van der Waals surface area contributed by atoms with E-state index in [1.807, 2.05) is 24.3 Å². The number of primary sulfonamides is 1. The van der Waals surface area contributed by atoms with Crippen molar-refractivity contribution in [3.63, 3.8) is 0 Å². The molecule has 0 aliphatic rings. The second-order valence-corrected chi connectivity index (χ2v) is 6.88. The molecule has 0 amide bonds. The molecule has 25 heavy (non-hydrogen) atoms. The van der Waals surface area contributed by atoms with Crippen LogP contribution in [-0.2, 0) is 23.1 Å². The highest BCUT2D eigenvalue weighted by Crippen LogP contribution is 2.12. The predicted molar refractivity (Wildman–Crippen MR) is 97.8 cm³/mol. The van der Waals surface area contributed by atoms with Crippen molar-refractivity contribution < 1.29 is 13.2 Å². The standard InChI is InChI=1S/C17H22N4O3S/c1-19-17(21-12-14-4-3-5-15(10-14)24-2)20-11-13-6-8-16(9-7-13)25(18,22)23/h3-10H,11-12H2,1-2H3,(H2,18,22,23)(H2,19,20,21). The third kappa shape index (κ3) is 5.77. The van der Waals surface area contributed by atoms with Gasteiger partial charge in [-0.15, -0.1) is 0 Å². The second kappa shape index (κ2) is 8.50. The zero-order chi connectivity index (χ0) is 18.3. The fourth-order valence-corrected chi connectivity index (χ4v) is 2.69. The lowest BCUT2D eigenvalue weighted by Crippen LogP contribution is -2.36. The summed E-state index contributed by atoms with van der Waals surface area (Å²) in [6.07, 6.45) is 0. The lowest BCUT2D eigenvalue weighted by atomic mass is 10.2. The van der Waals surface area contributed by atoms with Gasteiger partial charge >= 0.3 is 0 Å². The maximum absolute atomic E-state index is 11.2. The molecule has 8 heteroatoms. The van der Waals surface area contributed by atoms with Gasteiger partial charge in [-0.2, -0.15) is 0 Å². The number of aliphatic imine (C=N–C) groups is 1. The molecule has 0 aromatic heterocycles. The molecule has 7 nitrogen and oxygen atoms in total. The number of sulfonamides is 1. The summed E-state index contributed by atoms with van der Waals surface area (Å²) in [5, 5.41) is 11.5. The summed E-state index contributed by atoms with van der Waals surface area (Å²) in [5.41, 5.74) is 1.98. The topological polar surface area (TPSA) is 106 Å². The summed E-state index contributed by atoms with van der Waals surface area (Å²) in [6, 6.07) is 14.2. The lowest BCUT2D eigenvalue weighted by molar-refractivity contribution is 0.414. The van der Waals surface area contributed by atoms with Crippen LogP contribution < -0.4 is 20.5 Å². The molecular weight excluding hydrogens is 340 g/mol. The molecule has 0 unspecified atom stereocenters. The van der Waals surface area contributed by atoms with Crippen molar-refractivity contribution in [1.82, 2.24) is 10.6 Å². The molecule has 2 aromatic carbocycles. The Balaban J connectivity index is 1.90. The highest BCUT2D eigenvalue weighted by molar-refractivity contribution is 7.89. The van der Waals surface area contributed by atoms with Gasteiger partial charge in [0.1, 0.15) is 5.75 Å². The summed E-state index contributed by atoms with van der Waals surface area (Å²) in [4.78, 5) is 4.26. The number of rotatable bonds is 6. The predicted octanol–water partition coefficient (Wildman–Crippen LogP) is 1.21. The normalized spacial score (nSPS) is 11.9. The Morgan fingerprint density at radius 1 is 1.08 bits per heavy atom. The summed E-state index contributed by atoms with van der Waals surface area (Å²) in [5.74, 6) is 1.44. The van der Waals surface area contributed by atoms with Crippen molar-refractivity contribution in [3.8, 4) is 5.75 Å². The zero-order valence-electron chi connectivity index (χ0n) is 14.2. The van der Waals surface area contributed by atoms with Gasteiger partial charge in [0.2, 0.25) is 10.0 Å². The SMILES string of the molecule is CN=C(NCc1ccc(S(N)(=O)=O)cc1)NCc1cccc(OC)c1. The monoisotopic (exact) mass is 362 g/mol. The molecular formula is C17H22N4O3S. The molecule has 0 atom stereocenters. The van der Waals surface area contributed by atoms with E-state index in [9.17, 15) is 8.42 Å². The first kappa shape index (κ1) is 18.8. The highest BCUT2D eigenvalue weighted by atomic mass is 32.2. The number of hydrogen-bond donors (Lipinski definition) is 3. The van der Waals surface area contributed by atoms with Gasteiger partial charge in [0.15, 0.2) is 5.96 Å². The number of nitrogens with two attached hydrogens (primary N) is 1. The van der Waals surface area contributed by atoms with Gasteiger partial charge in [0.05, 0.1) is 12.0 Å². The van der Waals surface area contributed by atoms with E-state index < -0.39 is 10.0 Å². The van der Waals surface area contributed by atoms with Crippen LogP contribution in [0.25, 0.3) is 0 Å². The Labute approximate surface area is 148 Å². The lowest BCUT2D eigenvalue weighted by Gasteiger charge is -2.12. The largest absolute Gasteiger partial charge is 0.497 e. The number of nitrogens with zero attached hydrogens (tertiary/aromatic N) is 1. The maximum atomic E-state index is 11.2. The molecule has 0 aliphatic heterocycles. The van der Waals surface area contributed by atoms with Gasteiger partial charge < -0.3 is 15.4 Å². The van der Waals surface area contributed by atoms with Gasteiger partial charge in [-0.25, -0.2) is 13.6 Å². The van der Waals surface area contributed by atoms with Crippen LogP contribution in [-0.4, -0.2) is 28.5 Å². The fraction of sp³-hybridized carbons (Fsp3) is 0.235. The first-order chi connectivity index (χ1) is 11.9. The number of nitrogens with one attached hydrogen (secondary N) is 2. The highest BCUT2D eigenvalue weighted by Gasteiger charge is 2.07. The summed E-state index contributed by atoms with van der Waals surface area (Å²) < 4.78 is 27.7. The van der Waals surface area contributed by atoms with Crippen molar-refractivity contribution in [2.45, 2.75) is 18.0 Å². The molecule has 4 N–H and O–H groups in total. The third-order valence-corrected chi connectivity index (χ3v) is 4.46. The van der Waals surface area contributed by atoms with E-state index in [-0.39, 0.29) is 4.90 Å². The second-order valence-electron chi connectivity index (χ2n) is 5.32. The molecule has 0 saturated heterocycles. The number of hydrogen-bond acceptors (Lipinski definition) is 4. The summed E-state index contributed by atoms with van der Waals surface area (Å²) in [7, 11) is -0.349. The first-order valence-corrected chi connectivity index (χ1v) is 9.16. The first-order valence-electron chi connectivity index (χ1n) is 7.61. The Kier molecular flexibility index (Phi) is 6.37. The van der Waals surface area contributed by atoms with Crippen LogP contribution in [0.15, 0.2) is 58.4 Å². The zero-order valence-corrected chi connectivity index (χ0v) is 15.0. The Morgan fingerprint density at radius 3 is 2.28 bits per heavy atom. The molecule has 0 radical (unpaired) electrons. The molecule has 134 valence electrons. The van der Waals surface area contributed by atoms with E-state index in [2.05, 4.69) is 15.6 Å².